The van der Waals surface area contributed by atoms with E-state index in [0.29, 0.717) is 11.0 Å². The summed E-state index contributed by atoms with van der Waals surface area (Å²) in [7, 11) is 3.69. The molecule has 0 fully saturated rings. The van der Waals surface area contributed by atoms with Gasteiger partial charge >= 0.3 is 0 Å². The minimum Gasteiger partial charge on any atom is -0.368 e. The molecule has 0 amide bonds. The van der Waals surface area contributed by atoms with Gasteiger partial charge in [-0.1, -0.05) is 11.6 Å². The normalized spacial score (nSPS) is 20.5. The van der Waals surface area contributed by atoms with Crippen molar-refractivity contribution >= 4 is 17.2 Å². The van der Waals surface area contributed by atoms with Crippen molar-refractivity contribution in [3.05, 3.63) is 33.1 Å². The predicted molar refractivity (Wildman–Crippen MR) is 73.6 cm³/mol. The van der Waals surface area contributed by atoms with Crippen LogP contribution in [0.4, 0.5) is 0 Å². The number of nitrogens with zero attached hydrogens (tertiary/aromatic N) is 4. The zero-order valence-electron chi connectivity index (χ0n) is 11.1. The van der Waals surface area contributed by atoms with Gasteiger partial charge < -0.3 is 4.90 Å². The Bertz CT molecular complexity index is 639. The molecule has 5 nitrogen and oxygen atoms in total. The molecule has 1 aromatic heterocycles. The van der Waals surface area contributed by atoms with Crippen molar-refractivity contribution < 1.29 is 0 Å². The van der Waals surface area contributed by atoms with Crippen molar-refractivity contribution in [1.82, 2.24) is 14.5 Å². The van der Waals surface area contributed by atoms with Crippen molar-refractivity contribution in [3.63, 3.8) is 0 Å². The van der Waals surface area contributed by atoms with Gasteiger partial charge in [0.25, 0.3) is 5.56 Å². The average molecular weight is 279 g/mol. The van der Waals surface area contributed by atoms with Crippen LogP contribution in [0.1, 0.15) is 37.2 Å². The van der Waals surface area contributed by atoms with Gasteiger partial charge in [0.2, 0.25) is 0 Å². The first kappa shape index (κ1) is 13.6. The first-order chi connectivity index (χ1) is 8.97. The highest BCUT2D eigenvalue weighted by molar-refractivity contribution is 6.32. The van der Waals surface area contributed by atoms with E-state index in [9.17, 15) is 4.79 Å². The second-order valence-corrected chi connectivity index (χ2v) is 5.19. The van der Waals surface area contributed by atoms with Gasteiger partial charge in [-0.2, -0.15) is 5.26 Å². The Hall–Kier alpha value is -1.80. The summed E-state index contributed by atoms with van der Waals surface area (Å²) in [5, 5.41) is 9.50. The van der Waals surface area contributed by atoms with Crippen LogP contribution >= 0.6 is 11.6 Å². The van der Waals surface area contributed by atoms with Crippen molar-refractivity contribution in [2.75, 3.05) is 14.1 Å². The molecule has 0 radical (unpaired) electrons. The van der Waals surface area contributed by atoms with Gasteiger partial charge in [0, 0.05) is 25.7 Å². The van der Waals surface area contributed by atoms with E-state index < -0.39 is 0 Å². The van der Waals surface area contributed by atoms with Gasteiger partial charge in [0.1, 0.15) is 22.6 Å². The molecule has 0 saturated carbocycles. The van der Waals surface area contributed by atoms with Crippen LogP contribution in [0.25, 0.3) is 5.57 Å². The molecule has 1 atom stereocenters. The monoisotopic (exact) mass is 278 g/mol. The molecule has 100 valence electrons. The summed E-state index contributed by atoms with van der Waals surface area (Å²) in [5.41, 5.74) is 0.629. The zero-order valence-corrected chi connectivity index (χ0v) is 11.9. The molecule has 0 bridgehead atoms. The minimum absolute atomic E-state index is 0.0266. The Balaban J connectivity index is 2.74. The molecule has 0 aliphatic carbocycles. The van der Waals surface area contributed by atoms with E-state index in [2.05, 4.69) is 4.98 Å². The molecule has 1 aliphatic heterocycles. The van der Waals surface area contributed by atoms with Gasteiger partial charge in [-0.05, 0) is 19.8 Å². The van der Waals surface area contributed by atoms with Crippen LogP contribution in [0, 0.1) is 11.3 Å². The minimum atomic E-state index is -0.291. The van der Waals surface area contributed by atoms with Crippen LogP contribution in [0.2, 0.25) is 0 Å². The standard InChI is InChI=1S/C13H15ClN4O/c1-8-4-5-10(11(14)17(2)3)12-16-7-9(6-15)13(19)18(8)12/h7-8H,4-5H2,1-3H3/b11-10-. The summed E-state index contributed by atoms with van der Waals surface area (Å²) >= 11 is 6.28. The van der Waals surface area contributed by atoms with Crippen LogP contribution in [0.15, 0.2) is 16.1 Å². The molecule has 0 spiro atoms. The molecule has 6 heteroatoms. The lowest BCUT2D eigenvalue weighted by atomic mass is 10.0. The van der Waals surface area contributed by atoms with Gasteiger partial charge in [-0.3, -0.25) is 9.36 Å². The summed E-state index contributed by atoms with van der Waals surface area (Å²) in [4.78, 5) is 18.3. The largest absolute Gasteiger partial charge is 0.368 e. The Morgan fingerprint density at radius 1 is 1.63 bits per heavy atom. The number of nitriles is 1. The molecule has 19 heavy (non-hydrogen) atoms. The van der Waals surface area contributed by atoms with Gasteiger partial charge in [-0.25, -0.2) is 4.98 Å². The Morgan fingerprint density at radius 3 is 2.89 bits per heavy atom. The maximum absolute atomic E-state index is 12.2. The SMILES string of the molecule is CC1CC/C(=C(\Cl)N(C)C)c2ncc(C#N)c(=O)n21. The summed E-state index contributed by atoms with van der Waals surface area (Å²) in [5.74, 6) is 0.571. The lowest BCUT2D eigenvalue weighted by molar-refractivity contribution is 0.455. The lowest BCUT2D eigenvalue weighted by Gasteiger charge is -2.28. The third-order valence-electron chi connectivity index (χ3n) is 3.28. The maximum atomic E-state index is 12.2. The molecule has 0 saturated heterocycles. The fraction of sp³-hybridized carbons (Fsp3) is 0.462. The second kappa shape index (κ2) is 5.06. The van der Waals surface area contributed by atoms with Crippen LogP contribution in [0.3, 0.4) is 0 Å². The number of hydrogen-bond acceptors (Lipinski definition) is 4. The van der Waals surface area contributed by atoms with E-state index in [-0.39, 0.29) is 17.2 Å². The first-order valence-electron chi connectivity index (χ1n) is 6.05. The third kappa shape index (κ3) is 2.24. The lowest BCUT2D eigenvalue weighted by Crippen LogP contribution is -2.32. The Kier molecular flexibility index (Phi) is 3.63. The van der Waals surface area contributed by atoms with Crippen molar-refractivity contribution in [2.24, 2.45) is 0 Å². The molecular formula is C13H15ClN4O. The van der Waals surface area contributed by atoms with Crippen molar-refractivity contribution in [2.45, 2.75) is 25.8 Å². The van der Waals surface area contributed by atoms with Crippen LogP contribution < -0.4 is 5.56 Å². The number of rotatable bonds is 1. The molecule has 1 aromatic rings. The Morgan fingerprint density at radius 2 is 2.32 bits per heavy atom. The zero-order chi connectivity index (χ0) is 14.2. The predicted octanol–water partition coefficient (Wildman–Crippen LogP) is 1.94. The van der Waals surface area contributed by atoms with Gasteiger partial charge in [0.15, 0.2) is 0 Å². The van der Waals surface area contributed by atoms with Crippen LogP contribution in [-0.4, -0.2) is 28.5 Å². The van der Waals surface area contributed by atoms with Crippen molar-refractivity contribution in [3.8, 4) is 6.07 Å². The highest BCUT2D eigenvalue weighted by Gasteiger charge is 2.26. The fourth-order valence-electron chi connectivity index (χ4n) is 2.24. The number of aromatic nitrogens is 2. The maximum Gasteiger partial charge on any atom is 0.271 e. The number of allylic oxidation sites excluding steroid dienone is 1. The fourth-order valence-corrected chi connectivity index (χ4v) is 2.42. The second-order valence-electron chi connectivity index (χ2n) is 4.83. The summed E-state index contributed by atoms with van der Waals surface area (Å²) in [6.45, 7) is 1.95. The molecule has 1 unspecified atom stereocenters. The smallest absolute Gasteiger partial charge is 0.271 e. The quantitative estimate of drug-likeness (QED) is 0.737. The van der Waals surface area contributed by atoms with E-state index in [4.69, 9.17) is 16.9 Å². The summed E-state index contributed by atoms with van der Waals surface area (Å²) in [6, 6.07) is 1.90. The molecular weight excluding hydrogens is 264 g/mol. The van der Waals surface area contributed by atoms with E-state index >= 15 is 0 Å². The Labute approximate surface area is 116 Å². The molecule has 0 N–H and O–H groups in total. The third-order valence-corrected chi connectivity index (χ3v) is 3.84. The number of fused-ring (bicyclic) bond motifs is 1. The molecule has 2 heterocycles. The van der Waals surface area contributed by atoms with E-state index in [0.717, 1.165) is 18.4 Å². The topological polar surface area (TPSA) is 61.9 Å². The first-order valence-corrected chi connectivity index (χ1v) is 6.43. The highest BCUT2D eigenvalue weighted by Crippen LogP contribution is 2.33. The van der Waals surface area contributed by atoms with E-state index in [1.807, 2.05) is 27.1 Å². The molecule has 0 aromatic carbocycles. The average Bonchev–Trinajstić information content (AvgIpc) is 2.38. The van der Waals surface area contributed by atoms with Gasteiger partial charge in [-0.15, -0.1) is 0 Å². The highest BCUT2D eigenvalue weighted by atomic mass is 35.5. The van der Waals surface area contributed by atoms with Crippen molar-refractivity contribution in [1.29, 1.82) is 5.26 Å². The number of hydrogen-bond donors (Lipinski definition) is 0. The van der Waals surface area contributed by atoms with E-state index in [1.54, 1.807) is 9.47 Å². The van der Waals surface area contributed by atoms with Gasteiger partial charge in [0.05, 0.1) is 6.20 Å². The summed E-state index contributed by atoms with van der Waals surface area (Å²) in [6.07, 6.45) is 2.91. The van der Waals surface area contributed by atoms with E-state index in [1.165, 1.54) is 6.20 Å². The number of halogens is 1. The van der Waals surface area contributed by atoms with Crippen LogP contribution in [-0.2, 0) is 0 Å². The molecule has 1 aliphatic rings. The molecule has 2 rings (SSSR count). The summed E-state index contributed by atoms with van der Waals surface area (Å²) < 4.78 is 1.57. The van der Waals surface area contributed by atoms with Crippen LogP contribution in [0.5, 0.6) is 0 Å².